The molecule has 0 aliphatic carbocycles. The largest absolute Gasteiger partial charge is 0.494 e. The Balaban J connectivity index is 2.03. The third-order valence-electron chi connectivity index (χ3n) is 4.48. The number of non-ortho nitro benzene ring substituents is 1. The summed E-state index contributed by atoms with van der Waals surface area (Å²) in [4.78, 5) is 31.9. The first-order valence-corrected chi connectivity index (χ1v) is 9.78. The molecule has 29 heavy (non-hydrogen) atoms. The molecular weight excluding hydrogens is 392 g/mol. The number of nitrogens with zero attached hydrogens (tertiary/aromatic N) is 4. The lowest BCUT2D eigenvalue weighted by Gasteiger charge is -2.22. The van der Waals surface area contributed by atoms with E-state index in [0.29, 0.717) is 29.5 Å². The van der Waals surface area contributed by atoms with Crippen LogP contribution in [0.1, 0.15) is 15.9 Å². The van der Waals surface area contributed by atoms with Crippen molar-refractivity contribution in [3.63, 3.8) is 0 Å². The zero-order chi connectivity index (χ0) is 21.1. The lowest BCUT2D eigenvalue weighted by atomic mass is 10.2. The second-order valence-corrected chi connectivity index (χ2v) is 7.80. The van der Waals surface area contributed by atoms with Crippen LogP contribution in [0.4, 0.5) is 10.8 Å². The molecule has 152 valence electrons. The minimum Gasteiger partial charge on any atom is -0.494 e. The van der Waals surface area contributed by atoms with Crippen LogP contribution in [0.5, 0.6) is 5.75 Å². The lowest BCUT2D eigenvalue weighted by molar-refractivity contribution is -0.384. The molecule has 1 amide bonds. The number of methoxy groups -OCH3 is 1. The van der Waals surface area contributed by atoms with Crippen LogP contribution >= 0.6 is 11.3 Å². The Labute approximate surface area is 172 Å². The van der Waals surface area contributed by atoms with E-state index >= 15 is 0 Å². The second-order valence-electron chi connectivity index (χ2n) is 6.82. The van der Waals surface area contributed by atoms with Crippen LogP contribution in [-0.4, -0.2) is 55.0 Å². The van der Waals surface area contributed by atoms with Gasteiger partial charge >= 0.3 is 0 Å². The number of likely N-dealkylation sites (N-methyl/N-ethyl adjacent to an activating group) is 1. The SMILES string of the molecule is COc1ccc(C)c2sc(N(CCN(C)C)C(=O)c3ccc([N+](=O)[O-])cc3)nc12. The summed E-state index contributed by atoms with van der Waals surface area (Å²) in [6.07, 6.45) is 0. The summed E-state index contributed by atoms with van der Waals surface area (Å²) in [5.74, 6) is 0.404. The van der Waals surface area contributed by atoms with Crippen molar-refractivity contribution in [1.82, 2.24) is 9.88 Å². The van der Waals surface area contributed by atoms with Crippen molar-refractivity contribution in [2.45, 2.75) is 6.92 Å². The molecule has 3 aromatic rings. The molecule has 8 nitrogen and oxygen atoms in total. The van der Waals surface area contributed by atoms with E-state index in [9.17, 15) is 14.9 Å². The summed E-state index contributed by atoms with van der Waals surface area (Å²) in [6.45, 7) is 3.07. The Kier molecular flexibility index (Phi) is 6.09. The highest BCUT2D eigenvalue weighted by molar-refractivity contribution is 7.22. The molecule has 0 saturated heterocycles. The number of thiazole rings is 1. The number of nitro groups is 1. The number of aromatic nitrogens is 1. The first-order valence-electron chi connectivity index (χ1n) is 8.97. The van der Waals surface area contributed by atoms with E-state index in [0.717, 1.165) is 15.8 Å². The fourth-order valence-electron chi connectivity index (χ4n) is 2.84. The Morgan fingerprint density at radius 3 is 2.45 bits per heavy atom. The molecule has 2 aromatic carbocycles. The van der Waals surface area contributed by atoms with Crippen LogP contribution in [0, 0.1) is 17.0 Å². The Morgan fingerprint density at radius 1 is 1.17 bits per heavy atom. The summed E-state index contributed by atoms with van der Waals surface area (Å²) in [6, 6.07) is 9.45. The number of carbonyl (C=O) groups is 1. The monoisotopic (exact) mass is 414 g/mol. The van der Waals surface area contributed by atoms with Crippen molar-refractivity contribution >= 4 is 38.3 Å². The van der Waals surface area contributed by atoms with Crippen molar-refractivity contribution in [2.75, 3.05) is 39.2 Å². The average molecular weight is 414 g/mol. The van der Waals surface area contributed by atoms with Crippen molar-refractivity contribution in [1.29, 1.82) is 0 Å². The van der Waals surface area contributed by atoms with Gasteiger partial charge in [-0.05, 0) is 44.8 Å². The minimum absolute atomic E-state index is 0.0539. The molecule has 3 rings (SSSR count). The number of nitro benzene ring substituents is 1. The van der Waals surface area contributed by atoms with Gasteiger partial charge in [0.05, 0.1) is 16.7 Å². The highest BCUT2D eigenvalue weighted by atomic mass is 32.1. The van der Waals surface area contributed by atoms with Crippen molar-refractivity contribution < 1.29 is 14.5 Å². The maximum absolute atomic E-state index is 13.2. The number of aryl methyl sites for hydroxylation is 1. The number of hydrogen-bond acceptors (Lipinski definition) is 7. The number of benzene rings is 2. The molecule has 0 radical (unpaired) electrons. The summed E-state index contributed by atoms with van der Waals surface area (Å²) >= 11 is 1.43. The highest BCUT2D eigenvalue weighted by Gasteiger charge is 2.23. The van der Waals surface area contributed by atoms with Gasteiger partial charge in [-0.15, -0.1) is 0 Å². The van der Waals surface area contributed by atoms with Crippen LogP contribution < -0.4 is 9.64 Å². The zero-order valence-corrected chi connectivity index (χ0v) is 17.5. The van der Waals surface area contributed by atoms with Gasteiger partial charge in [0, 0.05) is 30.8 Å². The van der Waals surface area contributed by atoms with Crippen molar-refractivity contribution in [3.8, 4) is 5.75 Å². The number of hydrogen-bond donors (Lipinski definition) is 0. The minimum atomic E-state index is -0.485. The molecule has 0 fully saturated rings. The van der Waals surface area contributed by atoms with E-state index < -0.39 is 4.92 Å². The lowest BCUT2D eigenvalue weighted by Crippen LogP contribution is -2.36. The van der Waals surface area contributed by atoms with Crippen LogP contribution in [0.3, 0.4) is 0 Å². The van der Waals surface area contributed by atoms with E-state index in [1.54, 1.807) is 12.0 Å². The van der Waals surface area contributed by atoms with Gasteiger partial charge in [0.25, 0.3) is 11.6 Å². The molecule has 0 bridgehead atoms. The van der Waals surface area contributed by atoms with Crippen molar-refractivity contribution in [2.24, 2.45) is 0 Å². The van der Waals surface area contributed by atoms with Crippen LogP contribution in [-0.2, 0) is 0 Å². The van der Waals surface area contributed by atoms with Crippen LogP contribution in [0.2, 0.25) is 0 Å². The normalized spacial score (nSPS) is 11.1. The molecule has 1 heterocycles. The molecule has 9 heteroatoms. The number of fused-ring (bicyclic) bond motifs is 1. The Hall–Kier alpha value is -3.04. The number of anilines is 1. The molecule has 0 saturated carbocycles. The van der Waals surface area contributed by atoms with Gasteiger partial charge in [0.2, 0.25) is 0 Å². The Morgan fingerprint density at radius 2 is 1.86 bits per heavy atom. The maximum Gasteiger partial charge on any atom is 0.269 e. The molecule has 0 spiro atoms. The van der Waals surface area contributed by atoms with Gasteiger partial charge < -0.3 is 9.64 Å². The number of carbonyl (C=O) groups excluding carboxylic acids is 1. The third kappa shape index (κ3) is 4.36. The standard InChI is InChI=1S/C20H22N4O4S/c1-13-5-10-16(28-4)17-18(13)29-20(21-17)23(12-11-22(2)3)19(25)14-6-8-15(9-7-14)24(26)27/h5-10H,11-12H2,1-4H3. The number of ether oxygens (including phenoxy) is 1. The molecule has 0 aliphatic rings. The van der Waals surface area contributed by atoms with E-state index in [2.05, 4.69) is 4.98 Å². The first kappa shape index (κ1) is 20.7. The topological polar surface area (TPSA) is 88.8 Å². The zero-order valence-electron chi connectivity index (χ0n) is 16.7. The van der Waals surface area contributed by atoms with Gasteiger partial charge in [-0.2, -0.15) is 0 Å². The average Bonchev–Trinajstić information content (AvgIpc) is 3.14. The maximum atomic E-state index is 13.2. The van der Waals surface area contributed by atoms with Gasteiger partial charge in [0.1, 0.15) is 11.3 Å². The van der Waals surface area contributed by atoms with Crippen molar-refractivity contribution in [3.05, 3.63) is 57.6 Å². The molecular formula is C20H22N4O4S. The predicted octanol–water partition coefficient (Wildman–Crippen LogP) is 3.73. The molecule has 0 N–H and O–H groups in total. The van der Waals surface area contributed by atoms with Gasteiger partial charge in [-0.25, -0.2) is 4.98 Å². The summed E-state index contributed by atoms with van der Waals surface area (Å²) in [7, 11) is 5.45. The highest BCUT2D eigenvalue weighted by Crippen LogP contribution is 2.36. The summed E-state index contributed by atoms with van der Waals surface area (Å²) in [5.41, 5.74) is 2.10. The van der Waals surface area contributed by atoms with E-state index in [1.165, 1.54) is 35.6 Å². The predicted molar refractivity (Wildman–Crippen MR) is 114 cm³/mol. The molecule has 1 aromatic heterocycles. The molecule has 0 unspecified atom stereocenters. The summed E-state index contributed by atoms with van der Waals surface area (Å²) in [5, 5.41) is 11.5. The fourth-order valence-corrected chi connectivity index (χ4v) is 3.92. The fraction of sp³-hybridized carbons (Fsp3) is 0.300. The van der Waals surface area contributed by atoms with Gasteiger partial charge in [0.15, 0.2) is 5.13 Å². The number of rotatable bonds is 7. The second kappa shape index (κ2) is 8.54. The molecule has 0 aliphatic heterocycles. The van der Waals surface area contributed by atoms with Crippen LogP contribution in [0.15, 0.2) is 36.4 Å². The van der Waals surface area contributed by atoms with E-state index in [1.807, 2.05) is 38.1 Å². The van der Waals surface area contributed by atoms with E-state index in [-0.39, 0.29) is 11.6 Å². The smallest absolute Gasteiger partial charge is 0.269 e. The van der Waals surface area contributed by atoms with E-state index in [4.69, 9.17) is 4.74 Å². The van der Waals surface area contributed by atoms with Gasteiger partial charge in [-0.3, -0.25) is 19.8 Å². The Bertz CT molecular complexity index is 1050. The first-order chi connectivity index (χ1) is 13.8. The van der Waals surface area contributed by atoms with Crippen LogP contribution in [0.25, 0.3) is 10.2 Å². The van der Waals surface area contributed by atoms with Gasteiger partial charge in [-0.1, -0.05) is 17.4 Å². The number of amides is 1. The quantitative estimate of drug-likeness (QED) is 0.432. The molecule has 0 atom stereocenters. The third-order valence-corrected chi connectivity index (χ3v) is 5.70. The summed E-state index contributed by atoms with van der Waals surface area (Å²) < 4.78 is 6.39.